The van der Waals surface area contributed by atoms with E-state index < -0.39 is 11.9 Å². The minimum absolute atomic E-state index is 0.114. The van der Waals surface area contributed by atoms with Crippen LogP contribution in [0.5, 0.6) is 5.75 Å². The van der Waals surface area contributed by atoms with E-state index in [1.807, 2.05) is 6.92 Å². The Labute approximate surface area is 122 Å². The topological polar surface area (TPSA) is 83.4 Å². The van der Waals surface area contributed by atoms with Crippen LogP contribution < -0.4 is 10.5 Å². The highest BCUT2D eigenvalue weighted by Gasteiger charge is 2.16. The first kappa shape index (κ1) is 15.4. The predicted octanol–water partition coefficient (Wildman–Crippen LogP) is 2.31. The number of nitrogens with zero attached hydrogens (tertiary/aromatic N) is 2. The van der Waals surface area contributed by atoms with Crippen LogP contribution in [0.15, 0.2) is 22.7 Å². The number of aromatic nitrogens is 2. The number of hydrogen-bond acceptors (Lipinski definition) is 6. The van der Waals surface area contributed by atoms with E-state index in [0.717, 1.165) is 6.42 Å². The molecule has 1 atom stereocenters. The molecule has 0 radical (unpaired) electrons. The fourth-order valence-corrected chi connectivity index (χ4v) is 1.72. The third kappa shape index (κ3) is 3.77. The van der Waals surface area contributed by atoms with E-state index in [0.29, 0.717) is 24.6 Å². The SMILES string of the molecule is CCCOCC(N)c1noc(-c2ccc(F)c(OC)c2)n1. The summed E-state index contributed by atoms with van der Waals surface area (Å²) in [5.74, 6) is 0.270. The molecule has 2 N–H and O–H groups in total. The van der Waals surface area contributed by atoms with Gasteiger partial charge in [-0.2, -0.15) is 4.98 Å². The molecule has 0 saturated carbocycles. The van der Waals surface area contributed by atoms with Crippen LogP contribution in [-0.4, -0.2) is 30.5 Å². The van der Waals surface area contributed by atoms with Crippen LogP contribution in [0.1, 0.15) is 25.2 Å². The van der Waals surface area contributed by atoms with Gasteiger partial charge in [-0.25, -0.2) is 4.39 Å². The highest BCUT2D eigenvalue weighted by molar-refractivity contribution is 5.56. The molecular weight excluding hydrogens is 277 g/mol. The van der Waals surface area contributed by atoms with Gasteiger partial charge in [0.15, 0.2) is 17.4 Å². The largest absolute Gasteiger partial charge is 0.494 e. The number of ether oxygens (including phenoxy) is 2. The van der Waals surface area contributed by atoms with Crippen molar-refractivity contribution in [3.8, 4) is 17.2 Å². The maximum atomic E-state index is 13.4. The van der Waals surface area contributed by atoms with E-state index in [9.17, 15) is 4.39 Å². The van der Waals surface area contributed by atoms with E-state index in [1.165, 1.54) is 25.3 Å². The van der Waals surface area contributed by atoms with E-state index in [1.54, 1.807) is 0 Å². The minimum atomic E-state index is -0.462. The third-order valence-electron chi connectivity index (χ3n) is 2.82. The van der Waals surface area contributed by atoms with Gasteiger partial charge in [0.1, 0.15) is 0 Å². The van der Waals surface area contributed by atoms with Gasteiger partial charge < -0.3 is 19.7 Å². The van der Waals surface area contributed by atoms with Crippen LogP contribution in [0, 0.1) is 5.82 Å². The lowest BCUT2D eigenvalue weighted by molar-refractivity contribution is 0.119. The predicted molar refractivity (Wildman–Crippen MR) is 74.3 cm³/mol. The lowest BCUT2D eigenvalue weighted by atomic mass is 10.2. The maximum Gasteiger partial charge on any atom is 0.258 e. The lowest BCUT2D eigenvalue weighted by Crippen LogP contribution is -2.18. The maximum absolute atomic E-state index is 13.4. The molecular formula is C14H18FN3O3. The number of nitrogens with two attached hydrogens (primary N) is 1. The van der Waals surface area contributed by atoms with E-state index in [2.05, 4.69) is 10.1 Å². The Bertz CT molecular complexity index is 589. The summed E-state index contributed by atoms with van der Waals surface area (Å²) >= 11 is 0. The van der Waals surface area contributed by atoms with Crippen LogP contribution in [-0.2, 0) is 4.74 Å². The summed E-state index contributed by atoms with van der Waals surface area (Å²) in [6.45, 7) is 2.97. The molecule has 0 amide bonds. The highest BCUT2D eigenvalue weighted by atomic mass is 19.1. The first-order chi connectivity index (χ1) is 10.2. The monoisotopic (exact) mass is 295 g/mol. The number of methoxy groups -OCH3 is 1. The molecule has 6 nitrogen and oxygen atoms in total. The molecule has 0 bridgehead atoms. The molecule has 1 heterocycles. The summed E-state index contributed by atoms with van der Waals surface area (Å²) in [5, 5.41) is 3.82. The van der Waals surface area contributed by atoms with Gasteiger partial charge in [-0.15, -0.1) is 0 Å². The van der Waals surface area contributed by atoms with Crippen molar-refractivity contribution in [1.29, 1.82) is 0 Å². The van der Waals surface area contributed by atoms with Gasteiger partial charge in [-0.1, -0.05) is 12.1 Å². The van der Waals surface area contributed by atoms with Crippen LogP contribution in [0.4, 0.5) is 4.39 Å². The molecule has 7 heteroatoms. The van der Waals surface area contributed by atoms with Gasteiger partial charge in [0.25, 0.3) is 5.89 Å². The van der Waals surface area contributed by atoms with Crippen molar-refractivity contribution >= 4 is 0 Å². The Kier molecular flexibility index (Phi) is 5.24. The quantitative estimate of drug-likeness (QED) is 0.789. The second-order valence-electron chi connectivity index (χ2n) is 4.49. The Morgan fingerprint density at radius 1 is 1.43 bits per heavy atom. The van der Waals surface area contributed by atoms with Crippen LogP contribution in [0.3, 0.4) is 0 Å². The molecule has 0 spiro atoms. The van der Waals surface area contributed by atoms with Gasteiger partial charge >= 0.3 is 0 Å². The van der Waals surface area contributed by atoms with E-state index in [-0.39, 0.29) is 11.6 Å². The number of benzene rings is 1. The fraction of sp³-hybridized carbons (Fsp3) is 0.429. The second kappa shape index (κ2) is 7.14. The summed E-state index contributed by atoms with van der Waals surface area (Å²) in [6.07, 6.45) is 0.916. The fourth-order valence-electron chi connectivity index (χ4n) is 1.72. The van der Waals surface area contributed by atoms with Gasteiger partial charge in [-0.05, 0) is 24.6 Å². The summed E-state index contributed by atoms with van der Waals surface area (Å²) in [5.41, 5.74) is 6.48. The molecule has 21 heavy (non-hydrogen) atoms. The Hall–Kier alpha value is -1.99. The highest BCUT2D eigenvalue weighted by Crippen LogP contribution is 2.25. The smallest absolute Gasteiger partial charge is 0.258 e. The zero-order chi connectivity index (χ0) is 15.2. The third-order valence-corrected chi connectivity index (χ3v) is 2.82. The summed E-state index contributed by atoms with van der Waals surface area (Å²) < 4.78 is 28.8. The number of rotatable bonds is 7. The zero-order valence-electron chi connectivity index (χ0n) is 12.0. The molecule has 2 rings (SSSR count). The number of hydrogen-bond donors (Lipinski definition) is 1. The molecule has 0 fully saturated rings. The molecule has 114 valence electrons. The molecule has 0 aliphatic heterocycles. The van der Waals surface area contributed by atoms with Crippen molar-refractivity contribution in [2.24, 2.45) is 5.73 Å². The standard InChI is InChI=1S/C14H18FN3O3/c1-3-6-20-8-11(16)13-17-14(21-18-13)9-4-5-10(15)12(7-9)19-2/h4-5,7,11H,3,6,8,16H2,1-2H3. The van der Waals surface area contributed by atoms with Crippen molar-refractivity contribution in [3.63, 3.8) is 0 Å². The average molecular weight is 295 g/mol. The normalized spacial score (nSPS) is 12.4. The molecule has 0 aliphatic rings. The average Bonchev–Trinajstić information content (AvgIpc) is 2.98. The molecule has 1 aromatic carbocycles. The molecule has 2 aromatic rings. The number of halogens is 1. The van der Waals surface area contributed by atoms with Gasteiger partial charge in [0.2, 0.25) is 0 Å². The second-order valence-corrected chi connectivity index (χ2v) is 4.49. The molecule has 0 aliphatic carbocycles. The first-order valence-electron chi connectivity index (χ1n) is 6.66. The van der Waals surface area contributed by atoms with Crippen molar-refractivity contribution in [3.05, 3.63) is 29.8 Å². The lowest BCUT2D eigenvalue weighted by Gasteiger charge is -2.06. The van der Waals surface area contributed by atoms with Crippen LogP contribution in [0.2, 0.25) is 0 Å². The van der Waals surface area contributed by atoms with Crippen LogP contribution >= 0.6 is 0 Å². The molecule has 0 saturated heterocycles. The minimum Gasteiger partial charge on any atom is -0.494 e. The van der Waals surface area contributed by atoms with Gasteiger partial charge in [0.05, 0.1) is 19.8 Å². The first-order valence-corrected chi connectivity index (χ1v) is 6.66. The molecule has 1 unspecified atom stereocenters. The Morgan fingerprint density at radius 2 is 2.24 bits per heavy atom. The van der Waals surface area contributed by atoms with E-state index >= 15 is 0 Å². The van der Waals surface area contributed by atoms with Gasteiger partial charge in [-0.3, -0.25) is 0 Å². The summed E-state index contributed by atoms with van der Waals surface area (Å²) in [4.78, 5) is 4.20. The van der Waals surface area contributed by atoms with Crippen molar-refractivity contribution in [2.75, 3.05) is 20.3 Å². The Balaban J connectivity index is 2.12. The van der Waals surface area contributed by atoms with E-state index in [4.69, 9.17) is 19.7 Å². The summed E-state index contributed by atoms with van der Waals surface area (Å²) in [6, 6.07) is 3.85. The van der Waals surface area contributed by atoms with Crippen LogP contribution in [0.25, 0.3) is 11.5 Å². The Morgan fingerprint density at radius 3 is 2.95 bits per heavy atom. The van der Waals surface area contributed by atoms with Crippen molar-refractivity contribution in [2.45, 2.75) is 19.4 Å². The molecule has 1 aromatic heterocycles. The summed E-state index contributed by atoms with van der Waals surface area (Å²) in [7, 11) is 1.39. The van der Waals surface area contributed by atoms with Gasteiger partial charge in [0, 0.05) is 12.2 Å². The van der Waals surface area contributed by atoms with Crippen molar-refractivity contribution in [1.82, 2.24) is 10.1 Å². The van der Waals surface area contributed by atoms with Crippen molar-refractivity contribution < 1.29 is 18.4 Å². The zero-order valence-corrected chi connectivity index (χ0v) is 12.0.